The lowest BCUT2D eigenvalue weighted by molar-refractivity contribution is -0.385. The first kappa shape index (κ1) is 13.4. The van der Waals surface area contributed by atoms with Crippen LogP contribution in [0.5, 0.6) is 5.75 Å². The summed E-state index contributed by atoms with van der Waals surface area (Å²) < 4.78 is 5.01. The third kappa shape index (κ3) is 4.03. The van der Waals surface area contributed by atoms with Gasteiger partial charge in [0.05, 0.1) is 12.0 Å². The Hall–Kier alpha value is -1.62. The quantitative estimate of drug-likeness (QED) is 0.630. The molecule has 0 aliphatic rings. The topological polar surface area (TPSA) is 78.4 Å². The first-order valence-electron chi connectivity index (χ1n) is 5.43. The number of hydrogen-bond donors (Lipinski definition) is 1. The number of aryl methyl sites for hydroxylation is 1. The molecule has 0 spiro atoms. The largest absolute Gasteiger partial charge is 0.490 e. The van der Waals surface area contributed by atoms with E-state index in [0.717, 1.165) is 18.4 Å². The molecule has 1 aromatic carbocycles. The van der Waals surface area contributed by atoms with E-state index in [1.54, 1.807) is 12.1 Å². The minimum absolute atomic E-state index is 0.0109. The molecule has 0 saturated heterocycles. The van der Waals surface area contributed by atoms with Gasteiger partial charge in [-0.2, -0.15) is 0 Å². The van der Waals surface area contributed by atoms with Crippen LogP contribution in [0.25, 0.3) is 0 Å². The van der Waals surface area contributed by atoms with E-state index >= 15 is 0 Å². The number of nitrogens with two attached hydrogens (primary N) is 1. The second-order valence-corrected chi connectivity index (χ2v) is 4.75. The van der Waals surface area contributed by atoms with Crippen LogP contribution in [0.3, 0.4) is 0 Å². The van der Waals surface area contributed by atoms with Crippen molar-refractivity contribution in [1.29, 1.82) is 0 Å². The monoisotopic (exact) mass is 238 g/mol. The molecule has 0 radical (unpaired) electrons. The van der Waals surface area contributed by atoms with Gasteiger partial charge in [0.15, 0.2) is 5.75 Å². The molecule has 94 valence electrons. The molecule has 0 saturated carbocycles. The van der Waals surface area contributed by atoms with E-state index in [1.165, 1.54) is 13.2 Å². The third-order valence-corrected chi connectivity index (χ3v) is 2.50. The number of ether oxygens (including phenoxy) is 1. The van der Waals surface area contributed by atoms with Gasteiger partial charge in [-0.15, -0.1) is 0 Å². The molecule has 0 bridgehead atoms. The van der Waals surface area contributed by atoms with Gasteiger partial charge >= 0.3 is 5.69 Å². The summed E-state index contributed by atoms with van der Waals surface area (Å²) in [7, 11) is 1.43. The van der Waals surface area contributed by atoms with Crippen LogP contribution in [0.4, 0.5) is 5.69 Å². The Morgan fingerprint density at radius 1 is 1.47 bits per heavy atom. The van der Waals surface area contributed by atoms with Crippen LogP contribution in [0.15, 0.2) is 18.2 Å². The van der Waals surface area contributed by atoms with Gasteiger partial charge in [-0.05, 0) is 38.3 Å². The molecule has 0 aliphatic carbocycles. The van der Waals surface area contributed by atoms with Crippen LogP contribution in [-0.4, -0.2) is 17.6 Å². The van der Waals surface area contributed by atoms with Crippen molar-refractivity contribution < 1.29 is 9.66 Å². The number of methoxy groups -OCH3 is 1. The van der Waals surface area contributed by atoms with Crippen LogP contribution >= 0.6 is 0 Å². The highest BCUT2D eigenvalue weighted by Gasteiger charge is 2.16. The predicted octanol–water partition coefficient (Wildman–Crippen LogP) is 2.27. The second-order valence-electron chi connectivity index (χ2n) is 4.75. The highest BCUT2D eigenvalue weighted by Crippen LogP contribution is 2.28. The van der Waals surface area contributed by atoms with Crippen molar-refractivity contribution in [1.82, 2.24) is 0 Å². The van der Waals surface area contributed by atoms with Crippen LogP contribution < -0.4 is 10.5 Å². The van der Waals surface area contributed by atoms with E-state index in [4.69, 9.17) is 10.5 Å². The van der Waals surface area contributed by atoms with Gasteiger partial charge < -0.3 is 10.5 Å². The Kier molecular flexibility index (Phi) is 4.07. The molecule has 0 atom stereocenters. The van der Waals surface area contributed by atoms with E-state index in [1.807, 2.05) is 13.8 Å². The Morgan fingerprint density at radius 2 is 2.12 bits per heavy atom. The van der Waals surface area contributed by atoms with Crippen LogP contribution in [0.2, 0.25) is 0 Å². The minimum Gasteiger partial charge on any atom is -0.490 e. The maximum atomic E-state index is 10.7. The van der Waals surface area contributed by atoms with Crippen molar-refractivity contribution in [2.45, 2.75) is 32.2 Å². The molecular formula is C12H18N2O3. The molecular weight excluding hydrogens is 220 g/mol. The Bertz CT molecular complexity index is 411. The summed E-state index contributed by atoms with van der Waals surface area (Å²) in [4.78, 5) is 10.3. The highest BCUT2D eigenvalue weighted by molar-refractivity contribution is 5.48. The zero-order valence-corrected chi connectivity index (χ0v) is 10.4. The molecule has 5 nitrogen and oxygen atoms in total. The second kappa shape index (κ2) is 5.14. The SMILES string of the molecule is COc1cc(CCC(C)(C)N)ccc1[N+](=O)[O-]. The standard InChI is InChI=1S/C12H18N2O3/c1-12(2,13)7-6-9-4-5-10(14(15)16)11(8-9)17-3/h4-5,8H,6-7,13H2,1-3H3. The zero-order chi connectivity index (χ0) is 13.1. The normalized spacial score (nSPS) is 11.3. The highest BCUT2D eigenvalue weighted by atomic mass is 16.6. The molecule has 5 heteroatoms. The van der Waals surface area contributed by atoms with Crippen LogP contribution in [0.1, 0.15) is 25.8 Å². The number of benzene rings is 1. The summed E-state index contributed by atoms with van der Waals surface area (Å²) in [5, 5.41) is 10.7. The molecule has 0 aromatic heterocycles. The number of nitro groups is 1. The van der Waals surface area contributed by atoms with E-state index in [0.29, 0.717) is 5.75 Å². The van der Waals surface area contributed by atoms with Gasteiger partial charge in [0, 0.05) is 11.6 Å². The molecule has 1 aromatic rings. The fraction of sp³-hybridized carbons (Fsp3) is 0.500. The molecule has 0 aliphatic heterocycles. The lowest BCUT2D eigenvalue weighted by atomic mass is 9.96. The van der Waals surface area contributed by atoms with Gasteiger partial charge in [-0.3, -0.25) is 10.1 Å². The molecule has 0 heterocycles. The maximum Gasteiger partial charge on any atom is 0.310 e. The molecule has 0 unspecified atom stereocenters. The molecule has 17 heavy (non-hydrogen) atoms. The summed E-state index contributed by atoms with van der Waals surface area (Å²) in [6.45, 7) is 3.91. The lowest BCUT2D eigenvalue weighted by Crippen LogP contribution is -2.32. The number of hydrogen-bond acceptors (Lipinski definition) is 4. The first-order valence-corrected chi connectivity index (χ1v) is 5.43. The van der Waals surface area contributed by atoms with Crippen LogP contribution in [-0.2, 0) is 6.42 Å². The Labute approximate surface area is 101 Å². The van der Waals surface area contributed by atoms with E-state index < -0.39 is 4.92 Å². The average molecular weight is 238 g/mol. The summed E-state index contributed by atoms with van der Waals surface area (Å²) in [6, 6.07) is 4.91. The fourth-order valence-electron chi connectivity index (χ4n) is 1.49. The average Bonchev–Trinajstić information content (AvgIpc) is 2.24. The maximum absolute atomic E-state index is 10.7. The van der Waals surface area contributed by atoms with Gasteiger partial charge in [0.2, 0.25) is 0 Å². The van der Waals surface area contributed by atoms with E-state index in [2.05, 4.69) is 0 Å². The van der Waals surface area contributed by atoms with Gasteiger partial charge in [0.25, 0.3) is 0 Å². The smallest absolute Gasteiger partial charge is 0.310 e. The molecule has 2 N–H and O–H groups in total. The minimum atomic E-state index is -0.449. The number of nitrogens with zero attached hydrogens (tertiary/aromatic N) is 1. The van der Waals surface area contributed by atoms with E-state index in [9.17, 15) is 10.1 Å². The van der Waals surface area contributed by atoms with Gasteiger partial charge in [0.1, 0.15) is 0 Å². The molecule has 0 fully saturated rings. The van der Waals surface area contributed by atoms with Crippen molar-refractivity contribution in [3.05, 3.63) is 33.9 Å². The third-order valence-electron chi connectivity index (χ3n) is 2.50. The van der Waals surface area contributed by atoms with E-state index in [-0.39, 0.29) is 11.2 Å². The summed E-state index contributed by atoms with van der Waals surface area (Å²) in [5.41, 5.74) is 6.63. The van der Waals surface area contributed by atoms with Crippen molar-refractivity contribution in [2.24, 2.45) is 5.73 Å². The Balaban J connectivity index is 2.87. The number of nitro benzene ring substituents is 1. The zero-order valence-electron chi connectivity index (χ0n) is 10.4. The fourth-order valence-corrected chi connectivity index (χ4v) is 1.49. The van der Waals surface area contributed by atoms with Crippen molar-refractivity contribution in [3.63, 3.8) is 0 Å². The van der Waals surface area contributed by atoms with Gasteiger partial charge in [-0.1, -0.05) is 6.07 Å². The first-order chi connectivity index (χ1) is 7.83. The molecule has 1 rings (SSSR count). The predicted molar refractivity (Wildman–Crippen MR) is 66.2 cm³/mol. The van der Waals surface area contributed by atoms with Gasteiger partial charge in [-0.25, -0.2) is 0 Å². The molecule has 0 amide bonds. The van der Waals surface area contributed by atoms with Crippen molar-refractivity contribution in [3.8, 4) is 5.75 Å². The Morgan fingerprint density at radius 3 is 2.59 bits per heavy atom. The lowest BCUT2D eigenvalue weighted by Gasteiger charge is -2.18. The summed E-state index contributed by atoms with van der Waals surface area (Å²) in [5.74, 6) is 0.294. The number of rotatable bonds is 5. The van der Waals surface area contributed by atoms with Crippen LogP contribution in [0, 0.1) is 10.1 Å². The van der Waals surface area contributed by atoms with Crippen molar-refractivity contribution >= 4 is 5.69 Å². The van der Waals surface area contributed by atoms with Crippen molar-refractivity contribution in [2.75, 3.05) is 7.11 Å². The summed E-state index contributed by atoms with van der Waals surface area (Å²) in [6.07, 6.45) is 1.59. The summed E-state index contributed by atoms with van der Waals surface area (Å²) >= 11 is 0.